The molecule has 0 saturated carbocycles. The van der Waals surface area contributed by atoms with Crippen molar-refractivity contribution in [2.75, 3.05) is 0 Å². The first-order valence-corrected chi connectivity index (χ1v) is 8.63. The molecular formula is C16H15N3Se. The molecule has 4 heteroatoms. The van der Waals surface area contributed by atoms with Crippen molar-refractivity contribution in [3.63, 3.8) is 0 Å². The van der Waals surface area contributed by atoms with Crippen molar-refractivity contribution in [3.05, 3.63) is 72.6 Å². The number of benzene rings is 2. The Morgan fingerprint density at radius 2 is 1.60 bits per heavy atom. The summed E-state index contributed by atoms with van der Waals surface area (Å²) in [4.78, 5) is 0. The molecule has 1 heterocycles. The van der Waals surface area contributed by atoms with Crippen molar-refractivity contribution in [1.29, 1.82) is 0 Å². The van der Waals surface area contributed by atoms with E-state index in [1.807, 2.05) is 41.2 Å². The zero-order valence-corrected chi connectivity index (χ0v) is 12.7. The van der Waals surface area contributed by atoms with Gasteiger partial charge in [0.15, 0.2) is 0 Å². The van der Waals surface area contributed by atoms with Gasteiger partial charge in [-0.25, -0.2) is 0 Å². The van der Waals surface area contributed by atoms with Crippen LogP contribution in [0.4, 0.5) is 0 Å². The second kappa shape index (κ2) is 6.51. The van der Waals surface area contributed by atoms with E-state index >= 15 is 0 Å². The fraction of sp³-hybridized carbons (Fsp3) is 0.125. The fourth-order valence-electron chi connectivity index (χ4n) is 1.91. The molecule has 0 fully saturated rings. The van der Waals surface area contributed by atoms with Gasteiger partial charge in [-0.2, -0.15) is 0 Å². The van der Waals surface area contributed by atoms with Crippen molar-refractivity contribution >= 4 is 19.4 Å². The topological polar surface area (TPSA) is 30.7 Å². The van der Waals surface area contributed by atoms with Crippen LogP contribution in [0.25, 0.3) is 5.69 Å². The molecule has 3 nitrogen and oxygen atoms in total. The van der Waals surface area contributed by atoms with Gasteiger partial charge >= 0.3 is 124 Å². The van der Waals surface area contributed by atoms with Gasteiger partial charge in [-0.15, -0.1) is 0 Å². The summed E-state index contributed by atoms with van der Waals surface area (Å²) in [5.74, 6) is 0. The van der Waals surface area contributed by atoms with E-state index in [1.165, 1.54) is 4.46 Å². The van der Waals surface area contributed by atoms with Crippen LogP contribution in [0.1, 0.15) is 5.69 Å². The van der Waals surface area contributed by atoms with Crippen LogP contribution in [0.2, 0.25) is 5.32 Å². The first kappa shape index (κ1) is 13.1. The summed E-state index contributed by atoms with van der Waals surface area (Å²) in [5, 5.41) is 9.59. The number of nitrogens with zero attached hydrogens (tertiary/aromatic N) is 3. The molecule has 100 valence electrons. The summed E-state index contributed by atoms with van der Waals surface area (Å²) in [6, 6.07) is 20.7. The summed E-state index contributed by atoms with van der Waals surface area (Å²) >= 11 is 0.512. The molecule has 0 aliphatic rings. The number of hydrogen-bond donors (Lipinski definition) is 0. The minimum atomic E-state index is 0.512. The summed E-state index contributed by atoms with van der Waals surface area (Å²) in [7, 11) is 0. The molecule has 1 aromatic heterocycles. The molecule has 0 radical (unpaired) electrons. The number of rotatable bonds is 5. The zero-order valence-electron chi connectivity index (χ0n) is 11.0. The predicted octanol–water partition coefficient (Wildman–Crippen LogP) is 2.26. The third-order valence-corrected chi connectivity index (χ3v) is 5.06. The van der Waals surface area contributed by atoms with E-state index in [1.54, 1.807) is 0 Å². The van der Waals surface area contributed by atoms with Crippen LogP contribution in [-0.2, 0) is 6.42 Å². The van der Waals surface area contributed by atoms with Crippen molar-refractivity contribution < 1.29 is 0 Å². The second-order valence-electron chi connectivity index (χ2n) is 4.40. The molecule has 0 saturated heterocycles. The third kappa shape index (κ3) is 3.35. The Labute approximate surface area is 124 Å². The van der Waals surface area contributed by atoms with E-state index in [2.05, 4.69) is 40.6 Å². The second-order valence-corrected chi connectivity index (χ2v) is 6.85. The average molecular weight is 328 g/mol. The number of para-hydroxylation sites is 1. The van der Waals surface area contributed by atoms with Gasteiger partial charge in [-0.05, 0) is 0 Å². The number of aromatic nitrogens is 3. The van der Waals surface area contributed by atoms with Crippen LogP contribution in [0, 0.1) is 0 Å². The fourth-order valence-corrected chi connectivity index (χ4v) is 3.79. The quantitative estimate of drug-likeness (QED) is 0.673. The first-order valence-electron chi connectivity index (χ1n) is 6.56. The van der Waals surface area contributed by atoms with Crippen LogP contribution < -0.4 is 4.46 Å². The molecule has 0 unspecified atom stereocenters. The Hall–Kier alpha value is -1.90. The molecular weight excluding hydrogens is 313 g/mol. The number of aryl methyl sites for hydroxylation is 1. The molecule has 3 rings (SSSR count). The summed E-state index contributed by atoms with van der Waals surface area (Å²) in [6.07, 6.45) is 3.01. The molecule has 0 aliphatic heterocycles. The number of hydrogen-bond acceptors (Lipinski definition) is 2. The van der Waals surface area contributed by atoms with E-state index in [0.717, 1.165) is 23.1 Å². The molecule has 0 N–H and O–H groups in total. The molecule has 0 spiro atoms. The van der Waals surface area contributed by atoms with E-state index in [-0.39, 0.29) is 0 Å². The Balaban J connectivity index is 1.58. The maximum atomic E-state index is 4.25. The Morgan fingerprint density at radius 1 is 0.900 bits per heavy atom. The Kier molecular flexibility index (Phi) is 4.26. The van der Waals surface area contributed by atoms with E-state index in [9.17, 15) is 0 Å². The van der Waals surface area contributed by atoms with Crippen LogP contribution in [0.15, 0.2) is 66.9 Å². The van der Waals surface area contributed by atoms with Gasteiger partial charge in [0.25, 0.3) is 0 Å². The van der Waals surface area contributed by atoms with Gasteiger partial charge in [0.1, 0.15) is 0 Å². The molecule has 2 aromatic carbocycles. The Morgan fingerprint density at radius 3 is 2.35 bits per heavy atom. The molecule has 3 aromatic rings. The zero-order chi connectivity index (χ0) is 13.6. The van der Waals surface area contributed by atoms with Crippen LogP contribution in [0.5, 0.6) is 0 Å². The summed E-state index contributed by atoms with van der Waals surface area (Å²) in [6.45, 7) is 0. The summed E-state index contributed by atoms with van der Waals surface area (Å²) in [5.41, 5.74) is 2.12. The van der Waals surface area contributed by atoms with Crippen molar-refractivity contribution in [3.8, 4) is 5.69 Å². The van der Waals surface area contributed by atoms with Gasteiger partial charge in [0, 0.05) is 0 Å². The third-order valence-electron chi connectivity index (χ3n) is 2.93. The molecule has 0 bridgehead atoms. The van der Waals surface area contributed by atoms with Gasteiger partial charge in [-0.3, -0.25) is 0 Å². The average Bonchev–Trinajstić information content (AvgIpc) is 2.98. The van der Waals surface area contributed by atoms with Gasteiger partial charge < -0.3 is 0 Å². The standard InChI is InChI=1S/C16H15N3Se/c1-3-7-15(8-4-1)19-13-14(17-18-19)11-12-20-16-9-5-2-6-10-16/h1-10,13H,11-12H2. The molecule has 20 heavy (non-hydrogen) atoms. The predicted molar refractivity (Wildman–Crippen MR) is 81.7 cm³/mol. The maximum absolute atomic E-state index is 4.25. The van der Waals surface area contributed by atoms with E-state index in [4.69, 9.17) is 0 Å². The van der Waals surface area contributed by atoms with Gasteiger partial charge in [0.2, 0.25) is 0 Å². The molecule has 0 atom stereocenters. The van der Waals surface area contributed by atoms with Crippen molar-refractivity contribution in [1.82, 2.24) is 15.0 Å². The molecule has 0 aliphatic carbocycles. The van der Waals surface area contributed by atoms with Gasteiger partial charge in [0.05, 0.1) is 0 Å². The van der Waals surface area contributed by atoms with Crippen LogP contribution in [-0.4, -0.2) is 30.0 Å². The normalized spacial score (nSPS) is 10.6. The molecule has 0 amide bonds. The monoisotopic (exact) mass is 329 g/mol. The van der Waals surface area contributed by atoms with Crippen LogP contribution >= 0.6 is 0 Å². The minimum absolute atomic E-state index is 0.512. The SMILES string of the molecule is c1ccc([Se]CCc2cn(-c3ccccc3)nn2)cc1. The summed E-state index contributed by atoms with van der Waals surface area (Å²) < 4.78 is 3.28. The van der Waals surface area contributed by atoms with Crippen LogP contribution in [0.3, 0.4) is 0 Å². The van der Waals surface area contributed by atoms with Gasteiger partial charge in [-0.1, -0.05) is 0 Å². The first-order chi connectivity index (χ1) is 9.92. The van der Waals surface area contributed by atoms with E-state index in [0.29, 0.717) is 15.0 Å². The van der Waals surface area contributed by atoms with Crippen molar-refractivity contribution in [2.24, 2.45) is 0 Å². The Bertz CT molecular complexity index is 650. The van der Waals surface area contributed by atoms with Crippen molar-refractivity contribution in [2.45, 2.75) is 11.7 Å². The van der Waals surface area contributed by atoms with E-state index < -0.39 is 0 Å².